The third kappa shape index (κ3) is 2.37. The summed E-state index contributed by atoms with van der Waals surface area (Å²) in [5.74, 6) is 0. The van der Waals surface area contributed by atoms with Crippen LogP contribution in [0.4, 0.5) is 0 Å². The Morgan fingerprint density at radius 3 is 3.04 bits per heavy atom. The van der Waals surface area contributed by atoms with Crippen LogP contribution >= 0.6 is 11.6 Å². The van der Waals surface area contributed by atoms with Gasteiger partial charge in [-0.1, -0.05) is 11.6 Å². The number of aromatic nitrogens is 3. The number of fused-ring (bicyclic) bond motifs is 2. The lowest BCUT2D eigenvalue weighted by atomic mass is 10.0. The summed E-state index contributed by atoms with van der Waals surface area (Å²) < 4.78 is 0. The number of nitriles is 1. The third-order valence-electron chi connectivity index (χ3n) is 4.27. The van der Waals surface area contributed by atoms with Crippen molar-refractivity contribution in [3.63, 3.8) is 0 Å². The van der Waals surface area contributed by atoms with Gasteiger partial charge in [-0.15, -0.1) is 0 Å². The molecule has 1 N–H and O–H groups in total. The lowest BCUT2D eigenvalue weighted by Crippen LogP contribution is -2.27. The van der Waals surface area contributed by atoms with Gasteiger partial charge < -0.3 is 4.90 Å². The Morgan fingerprint density at radius 2 is 2.22 bits per heavy atom. The number of hydrogen-bond donors (Lipinski definition) is 1. The molecule has 6 heteroatoms. The fourth-order valence-corrected chi connectivity index (χ4v) is 3.25. The number of halogens is 1. The molecule has 0 fully saturated rings. The molecular weight excluding hydrogens is 310 g/mol. The number of H-pyrrole nitrogens is 1. The minimum atomic E-state index is 0.438. The van der Waals surface area contributed by atoms with Crippen LogP contribution in [0.2, 0.25) is 5.02 Å². The van der Waals surface area contributed by atoms with Crippen molar-refractivity contribution in [2.24, 2.45) is 0 Å². The monoisotopic (exact) mass is 323 g/mol. The number of nitrogens with one attached hydrogen (secondary N) is 1. The SMILES string of the molecule is CN1CCc2ncc(-c3n[nH]c4cc(C#N)c(Cl)cc34)cc2C1. The maximum atomic E-state index is 9.08. The van der Waals surface area contributed by atoms with Crippen LogP contribution in [0.1, 0.15) is 16.8 Å². The normalized spacial score (nSPS) is 14.7. The zero-order valence-corrected chi connectivity index (χ0v) is 13.4. The average molecular weight is 324 g/mol. The summed E-state index contributed by atoms with van der Waals surface area (Å²) in [4.78, 5) is 6.89. The van der Waals surface area contributed by atoms with E-state index >= 15 is 0 Å². The standard InChI is InChI=1S/C17H14ClN5/c1-23-3-2-15-12(9-23)4-11(8-20-15)17-13-6-14(18)10(7-19)5-16(13)21-22-17/h4-6,8H,2-3,9H2,1H3,(H,21,22). The van der Waals surface area contributed by atoms with Gasteiger partial charge in [0, 0.05) is 42.4 Å². The van der Waals surface area contributed by atoms with E-state index in [-0.39, 0.29) is 0 Å². The zero-order chi connectivity index (χ0) is 16.0. The molecule has 0 bridgehead atoms. The second-order valence-corrected chi connectivity index (χ2v) is 6.29. The summed E-state index contributed by atoms with van der Waals surface area (Å²) in [5.41, 5.74) is 5.43. The van der Waals surface area contributed by atoms with Crippen LogP contribution in [0.5, 0.6) is 0 Å². The molecule has 0 saturated heterocycles. The summed E-state index contributed by atoms with van der Waals surface area (Å²) in [6.45, 7) is 1.94. The molecule has 114 valence electrons. The Kier molecular flexibility index (Phi) is 3.29. The number of likely N-dealkylation sites (N-methyl/N-ethyl adjacent to an activating group) is 1. The van der Waals surface area contributed by atoms with Gasteiger partial charge in [-0.2, -0.15) is 10.4 Å². The van der Waals surface area contributed by atoms with E-state index in [1.54, 1.807) is 12.1 Å². The fourth-order valence-electron chi connectivity index (χ4n) is 3.04. The Labute approximate surface area is 138 Å². The molecule has 0 saturated carbocycles. The number of aromatic amines is 1. The van der Waals surface area contributed by atoms with E-state index in [0.717, 1.165) is 47.4 Å². The summed E-state index contributed by atoms with van der Waals surface area (Å²) in [7, 11) is 2.11. The summed E-state index contributed by atoms with van der Waals surface area (Å²) >= 11 is 6.17. The molecule has 1 aromatic carbocycles. The van der Waals surface area contributed by atoms with E-state index in [1.165, 1.54) is 5.56 Å². The quantitative estimate of drug-likeness (QED) is 0.747. The molecule has 0 aliphatic carbocycles. The molecule has 0 atom stereocenters. The molecule has 0 spiro atoms. The molecule has 0 unspecified atom stereocenters. The van der Waals surface area contributed by atoms with Crippen molar-refractivity contribution in [3.8, 4) is 17.3 Å². The van der Waals surface area contributed by atoms with E-state index in [1.807, 2.05) is 6.20 Å². The molecule has 3 heterocycles. The highest BCUT2D eigenvalue weighted by molar-refractivity contribution is 6.32. The number of pyridine rings is 1. The highest BCUT2D eigenvalue weighted by atomic mass is 35.5. The van der Waals surface area contributed by atoms with Crippen molar-refractivity contribution >= 4 is 22.5 Å². The first kappa shape index (κ1) is 14.2. The number of nitrogens with zero attached hydrogens (tertiary/aromatic N) is 4. The minimum absolute atomic E-state index is 0.438. The third-order valence-corrected chi connectivity index (χ3v) is 4.59. The van der Waals surface area contributed by atoms with Gasteiger partial charge >= 0.3 is 0 Å². The first-order chi connectivity index (χ1) is 11.2. The predicted molar refractivity (Wildman–Crippen MR) is 89.1 cm³/mol. The molecule has 1 aliphatic heterocycles. The smallest absolute Gasteiger partial charge is 0.102 e. The number of benzene rings is 1. The van der Waals surface area contributed by atoms with Crippen molar-refractivity contribution in [2.75, 3.05) is 13.6 Å². The maximum Gasteiger partial charge on any atom is 0.102 e. The van der Waals surface area contributed by atoms with Crippen LogP contribution in [0.15, 0.2) is 24.4 Å². The summed E-state index contributed by atoms with van der Waals surface area (Å²) in [5, 5.41) is 17.8. The molecule has 0 amide bonds. The van der Waals surface area contributed by atoms with Crippen molar-refractivity contribution in [1.82, 2.24) is 20.1 Å². The molecule has 3 aromatic rings. The van der Waals surface area contributed by atoms with Gasteiger partial charge in [0.05, 0.1) is 16.1 Å². The van der Waals surface area contributed by atoms with Crippen LogP contribution in [-0.2, 0) is 13.0 Å². The predicted octanol–water partition coefficient (Wildman–Crippen LogP) is 3.14. The van der Waals surface area contributed by atoms with Crippen LogP contribution in [0.25, 0.3) is 22.2 Å². The van der Waals surface area contributed by atoms with Crippen molar-refractivity contribution in [2.45, 2.75) is 13.0 Å². The fraction of sp³-hybridized carbons (Fsp3) is 0.235. The Balaban J connectivity index is 1.85. The van der Waals surface area contributed by atoms with Crippen molar-refractivity contribution in [3.05, 3.63) is 46.2 Å². The van der Waals surface area contributed by atoms with E-state index in [2.05, 4.69) is 39.3 Å². The van der Waals surface area contributed by atoms with Crippen LogP contribution < -0.4 is 0 Å². The van der Waals surface area contributed by atoms with E-state index < -0.39 is 0 Å². The summed E-state index contributed by atoms with van der Waals surface area (Å²) in [6, 6.07) is 7.76. The summed E-state index contributed by atoms with van der Waals surface area (Å²) in [6.07, 6.45) is 2.84. The Morgan fingerprint density at radius 1 is 1.35 bits per heavy atom. The number of rotatable bonds is 1. The van der Waals surface area contributed by atoms with Gasteiger partial charge in [0.2, 0.25) is 0 Å². The van der Waals surface area contributed by atoms with Crippen LogP contribution in [0.3, 0.4) is 0 Å². The van der Waals surface area contributed by atoms with E-state index in [0.29, 0.717) is 10.6 Å². The lowest BCUT2D eigenvalue weighted by molar-refractivity contribution is 0.310. The van der Waals surface area contributed by atoms with Gasteiger partial charge in [-0.3, -0.25) is 10.1 Å². The van der Waals surface area contributed by atoms with Gasteiger partial charge in [0.25, 0.3) is 0 Å². The van der Waals surface area contributed by atoms with Gasteiger partial charge in [0.1, 0.15) is 11.8 Å². The topological polar surface area (TPSA) is 68.6 Å². The van der Waals surface area contributed by atoms with Gasteiger partial charge in [-0.05, 0) is 30.8 Å². The molecule has 4 rings (SSSR count). The van der Waals surface area contributed by atoms with E-state index in [4.69, 9.17) is 16.9 Å². The number of hydrogen-bond acceptors (Lipinski definition) is 4. The second-order valence-electron chi connectivity index (χ2n) is 5.88. The molecule has 1 aliphatic rings. The highest BCUT2D eigenvalue weighted by Crippen LogP contribution is 2.31. The van der Waals surface area contributed by atoms with Crippen LogP contribution in [0, 0.1) is 11.3 Å². The van der Waals surface area contributed by atoms with Gasteiger partial charge in [0.15, 0.2) is 0 Å². The average Bonchev–Trinajstić information content (AvgIpc) is 2.95. The van der Waals surface area contributed by atoms with E-state index in [9.17, 15) is 0 Å². The molecule has 23 heavy (non-hydrogen) atoms. The molecule has 0 radical (unpaired) electrons. The molecule has 5 nitrogen and oxygen atoms in total. The first-order valence-electron chi connectivity index (χ1n) is 7.40. The highest BCUT2D eigenvalue weighted by Gasteiger charge is 2.17. The Bertz CT molecular complexity index is 954. The Hall–Kier alpha value is -2.42. The molecule has 2 aromatic heterocycles. The lowest BCUT2D eigenvalue weighted by Gasteiger charge is -2.24. The molecular formula is C17H14ClN5. The van der Waals surface area contributed by atoms with Gasteiger partial charge in [-0.25, -0.2) is 0 Å². The second kappa shape index (κ2) is 5.34. The first-order valence-corrected chi connectivity index (χ1v) is 7.78. The minimum Gasteiger partial charge on any atom is -0.302 e. The van der Waals surface area contributed by atoms with Crippen molar-refractivity contribution < 1.29 is 0 Å². The largest absolute Gasteiger partial charge is 0.302 e. The van der Waals surface area contributed by atoms with Crippen molar-refractivity contribution in [1.29, 1.82) is 5.26 Å². The maximum absolute atomic E-state index is 9.08. The zero-order valence-electron chi connectivity index (χ0n) is 12.6. The van der Waals surface area contributed by atoms with Crippen LogP contribution in [-0.4, -0.2) is 33.7 Å².